The lowest BCUT2D eigenvalue weighted by Gasteiger charge is -1.88. The summed E-state index contributed by atoms with van der Waals surface area (Å²) in [6.07, 6.45) is 0.646. The Kier molecular flexibility index (Phi) is 0.356. The van der Waals surface area contributed by atoms with Gasteiger partial charge in [-0.1, -0.05) is 0 Å². The number of hydrogen-bond acceptors (Lipinski definition) is 3. The average molecular weight is 100 g/mol. The number of fused-ring (bicyclic) bond motifs is 1. The zero-order valence-electron chi connectivity index (χ0n) is 3.59. The molecule has 1 saturated carbocycles. The van der Waals surface area contributed by atoms with Crippen LogP contribution in [0.2, 0.25) is 0 Å². The van der Waals surface area contributed by atoms with Gasteiger partial charge in [0.25, 0.3) is 0 Å². The first-order chi connectivity index (χ1) is 3.36. The van der Waals surface area contributed by atoms with Crippen LogP contribution in [0.4, 0.5) is 4.79 Å². The fourth-order valence-corrected chi connectivity index (χ4v) is 0.673. The van der Waals surface area contributed by atoms with Crippen molar-refractivity contribution in [2.45, 2.75) is 18.6 Å². The molecule has 2 atom stereocenters. The van der Waals surface area contributed by atoms with Crippen molar-refractivity contribution < 1.29 is 14.3 Å². The fourth-order valence-electron chi connectivity index (χ4n) is 0.673. The van der Waals surface area contributed by atoms with Crippen molar-refractivity contribution in [2.24, 2.45) is 0 Å². The van der Waals surface area contributed by atoms with Gasteiger partial charge >= 0.3 is 6.16 Å². The van der Waals surface area contributed by atoms with Gasteiger partial charge in [-0.2, -0.15) is 0 Å². The summed E-state index contributed by atoms with van der Waals surface area (Å²) in [5.41, 5.74) is 0. The van der Waals surface area contributed by atoms with Crippen LogP contribution in [0.3, 0.4) is 0 Å². The lowest BCUT2D eigenvalue weighted by molar-refractivity contribution is 0.101. The highest BCUT2D eigenvalue weighted by Gasteiger charge is 2.51. The molecule has 1 aliphatic carbocycles. The zero-order chi connectivity index (χ0) is 4.85. The molecule has 0 spiro atoms. The van der Waals surface area contributed by atoms with E-state index < -0.39 is 6.16 Å². The van der Waals surface area contributed by atoms with Gasteiger partial charge in [-0.3, -0.25) is 0 Å². The van der Waals surface area contributed by atoms with E-state index in [4.69, 9.17) is 0 Å². The number of carbonyl (C=O) groups excluding carboxylic acids is 1. The Morgan fingerprint density at radius 2 is 2.00 bits per heavy atom. The Hall–Kier alpha value is -0.730. The SMILES string of the molecule is O=C1OC2CC2O1. The molecule has 0 bridgehead atoms. The second kappa shape index (κ2) is 0.757. The third-order valence-corrected chi connectivity index (χ3v) is 1.17. The first-order valence-electron chi connectivity index (χ1n) is 2.23. The average Bonchev–Trinajstić information content (AvgIpc) is 2.15. The normalized spacial score (nSPS) is 44.3. The molecule has 3 heteroatoms. The second-order valence-corrected chi connectivity index (χ2v) is 1.80. The van der Waals surface area contributed by atoms with Gasteiger partial charge < -0.3 is 9.47 Å². The molecule has 0 aromatic heterocycles. The molecule has 1 saturated heterocycles. The Balaban J connectivity index is 2.14. The lowest BCUT2D eigenvalue weighted by Crippen LogP contribution is -1.97. The summed E-state index contributed by atoms with van der Waals surface area (Å²) < 4.78 is 9.15. The Labute approximate surface area is 40.2 Å². The molecule has 2 aliphatic rings. The standard InChI is InChI=1S/C4H4O3/c5-4-6-2-1-3(2)7-4/h2-3H,1H2. The van der Waals surface area contributed by atoms with Crippen LogP contribution in [-0.4, -0.2) is 18.4 Å². The van der Waals surface area contributed by atoms with Crippen molar-refractivity contribution in [3.8, 4) is 0 Å². The van der Waals surface area contributed by atoms with Crippen LogP contribution in [0.5, 0.6) is 0 Å². The molecule has 2 unspecified atom stereocenters. The third-order valence-electron chi connectivity index (χ3n) is 1.17. The Bertz CT molecular complexity index is 108. The maximum atomic E-state index is 10.0. The van der Waals surface area contributed by atoms with E-state index in [-0.39, 0.29) is 12.2 Å². The van der Waals surface area contributed by atoms with Crippen LogP contribution in [0.15, 0.2) is 0 Å². The van der Waals surface area contributed by atoms with Crippen LogP contribution in [0.1, 0.15) is 6.42 Å². The van der Waals surface area contributed by atoms with Gasteiger partial charge in [0.2, 0.25) is 0 Å². The third kappa shape index (κ3) is 0.320. The van der Waals surface area contributed by atoms with Crippen LogP contribution >= 0.6 is 0 Å². The monoisotopic (exact) mass is 100 g/mol. The number of ether oxygens (including phenoxy) is 2. The van der Waals surface area contributed by atoms with E-state index >= 15 is 0 Å². The van der Waals surface area contributed by atoms with E-state index in [0.717, 1.165) is 6.42 Å². The molecule has 1 aliphatic heterocycles. The summed E-state index contributed by atoms with van der Waals surface area (Å²) in [6, 6.07) is 0. The summed E-state index contributed by atoms with van der Waals surface area (Å²) in [4.78, 5) is 10.0. The largest absolute Gasteiger partial charge is 0.509 e. The molecule has 3 nitrogen and oxygen atoms in total. The van der Waals surface area contributed by atoms with E-state index in [1.54, 1.807) is 0 Å². The van der Waals surface area contributed by atoms with Crippen LogP contribution in [0.25, 0.3) is 0 Å². The summed E-state index contributed by atoms with van der Waals surface area (Å²) in [7, 11) is 0. The molecule has 0 aromatic rings. The first-order valence-corrected chi connectivity index (χ1v) is 2.23. The van der Waals surface area contributed by atoms with Gasteiger partial charge in [-0.15, -0.1) is 0 Å². The molecule has 38 valence electrons. The summed E-state index contributed by atoms with van der Waals surface area (Å²) in [5.74, 6) is 0. The topological polar surface area (TPSA) is 35.5 Å². The predicted octanol–water partition coefficient (Wildman–Crippen LogP) is 0.294. The minimum atomic E-state index is -0.499. The fraction of sp³-hybridized carbons (Fsp3) is 0.750. The van der Waals surface area contributed by atoms with Crippen LogP contribution in [-0.2, 0) is 9.47 Å². The molecular weight excluding hydrogens is 96.0 g/mol. The van der Waals surface area contributed by atoms with Crippen LogP contribution in [0, 0.1) is 0 Å². The molecule has 0 amide bonds. The summed E-state index contributed by atoms with van der Waals surface area (Å²) >= 11 is 0. The maximum absolute atomic E-state index is 10.0. The Morgan fingerprint density at radius 1 is 1.43 bits per heavy atom. The van der Waals surface area contributed by atoms with Crippen molar-refractivity contribution >= 4 is 6.16 Å². The predicted molar refractivity (Wildman–Crippen MR) is 19.8 cm³/mol. The highest BCUT2D eigenvalue weighted by atomic mass is 16.8. The molecule has 1 heterocycles. The van der Waals surface area contributed by atoms with Gasteiger partial charge in [0.1, 0.15) is 12.2 Å². The molecule has 0 aromatic carbocycles. The van der Waals surface area contributed by atoms with Crippen molar-refractivity contribution in [3.05, 3.63) is 0 Å². The summed E-state index contributed by atoms with van der Waals surface area (Å²) in [6.45, 7) is 0. The minimum absolute atomic E-state index is 0.118. The van der Waals surface area contributed by atoms with E-state index in [1.165, 1.54) is 0 Å². The maximum Gasteiger partial charge on any atom is 0.509 e. The van der Waals surface area contributed by atoms with E-state index in [1.807, 2.05) is 0 Å². The smallest absolute Gasteiger partial charge is 0.427 e. The molecule has 2 fully saturated rings. The quantitative estimate of drug-likeness (QED) is 0.410. The number of rotatable bonds is 0. The molecule has 0 radical (unpaired) electrons. The van der Waals surface area contributed by atoms with Gasteiger partial charge in [0.05, 0.1) is 0 Å². The van der Waals surface area contributed by atoms with E-state index in [9.17, 15) is 4.79 Å². The van der Waals surface area contributed by atoms with Gasteiger partial charge in [0.15, 0.2) is 0 Å². The highest BCUT2D eigenvalue weighted by Crippen LogP contribution is 2.35. The molecule has 0 N–H and O–H groups in total. The van der Waals surface area contributed by atoms with E-state index in [0.29, 0.717) is 0 Å². The lowest BCUT2D eigenvalue weighted by atomic mass is 10.8. The van der Waals surface area contributed by atoms with Crippen molar-refractivity contribution in [1.82, 2.24) is 0 Å². The van der Waals surface area contributed by atoms with Crippen molar-refractivity contribution in [3.63, 3.8) is 0 Å². The number of hydrogen-bond donors (Lipinski definition) is 0. The highest BCUT2D eigenvalue weighted by molar-refractivity contribution is 5.64. The molecule has 7 heavy (non-hydrogen) atoms. The summed E-state index contributed by atoms with van der Waals surface area (Å²) in [5, 5.41) is 0. The zero-order valence-corrected chi connectivity index (χ0v) is 3.59. The molecule has 2 rings (SSSR count). The van der Waals surface area contributed by atoms with Crippen molar-refractivity contribution in [1.29, 1.82) is 0 Å². The first kappa shape index (κ1) is 3.29. The molecular formula is C4H4O3. The van der Waals surface area contributed by atoms with Gasteiger partial charge in [-0.25, -0.2) is 4.79 Å². The minimum Gasteiger partial charge on any atom is -0.427 e. The van der Waals surface area contributed by atoms with Crippen molar-refractivity contribution in [2.75, 3.05) is 0 Å². The van der Waals surface area contributed by atoms with Gasteiger partial charge in [0, 0.05) is 6.42 Å². The van der Waals surface area contributed by atoms with Gasteiger partial charge in [-0.05, 0) is 0 Å². The second-order valence-electron chi connectivity index (χ2n) is 1.80. The Morgan fingerprint density at radius 3 is 2.29 bits per heavy atom. The number of carbonyl (C=O) groups is 1. The van der Waals surface area contributed by atoms with Crippen LogP contribution < -0.4 is 0 Å². The van der Waals surface area contributed by atoms with E-state index in [2.05, 4.69) is 9.47 Å².